The van der Waals surface area contributed by atoms with Gasteiger partial charge in [0, 0.05) is 12.1 Å². The van der Waals surface area contributed by atoms with Crippen molar-refractivity contribution in [3.8, 4) is 23.0 Å². The number of hydrogen-bond donors (Lipinski definition) is 1. The summed E-state index contributed by atoms with van der Waals surface area (Å²) in [6, 6.07) is 18.0. The van der Waals surface area contributed by atoms with Gasteiger partial charge in [0.15, 0.2) is 23.0 Å². The topological polar surface area (TPSA) is 56.8 Å². The van der Waals surface area contributed by atoms with E-state index in [1.54, 1.807) is 32.4 Å². The van der Waals surface area contributed by atoms with Gasteiger partial charge in [-0.15, -0.1) is 0 Å². The summed E-state index contributed by atoms with van der Waals surface area (Å²) in [6.45, 7) is 0. The molecule has 0 aliphatic carbocycles. The van der Waals surface area contributed by atoms with Gasteiger partial charge in [0.1, 0.15) is 5.82 Å². The van der Waals surface area contributed by atoms with E-state index in [4.69, 9.17) is 14.2 Å². The smallest absolute Gasteiger partial charge is 0.244 e. The van der Waals surface area contributed by atoms with Crippen molar-refractivity contribution in [1.29, 1.82) is 0 Å². The van der Waals surface area contributed by atoms with Crippen molar-refractivity contribution in [3.63, 3.8) is 0 Å². The van der Waals surface area contributed by atoms with Gasteiger partial charge in [-0.25, -0.2) is 4.39 Å². The van der Waals surface area contributed by atoms with Crippen LogP contribution in [0.5, 0.6) is 23.0 Å². The van der Waals surface area contributed by atoms with Gasteiger partial charge >= 0.3 is 0 Å². The van der Waals surface area contributed by atoms with Crippen LogP contribution in [0.25, 0.3) is 6.08 Å². The summed E-state index contributed by atoms with van der Waals surface area (Å²) in [7, 11) is 3.26. The highest BCUT2D eigenvalue weighted by Gasteiger charge is 2.16. The lowest BCUT2D eigenvalue weighted by molar-refractivity contribution is -0.117. The van der Waals surface area contributed by atoms with Gasteiger partial charge in [-0.3, -0.25) is 4.79 Å². The van der Waals surface area contributed by atoms with Gasteiger partial charge in [0.2, 0.25) is 5.91 Å². The van der Waals surface area contributed by atoms with E-state index in [1.807, 2.05) is 30.3 Å². The molecule has 1 unspecified atom stereocenters. The highest BCUT2D eigenvalue weighted by atomic mass is 19.1. The lowest BCUT2D eigenvalue weighted by Crippen LogP contribution is -2.34. The molecule has 1 heterocycles. The maximum Gasteiger partial charge on any atom is 0.244 e. The van der Waals surface area contributed by atoms with Crippen LogP contribution in [0.15, 0.2) is 66.7 Å². The molecule has 0 spiro atoms. The molecule has 0 aromatic heterocycles. The van der Waals surface area contributed by atoms with Gasteiger partial charge < -0.3 is 19.5 Å². The van der Waals surface area contributed by atoms with Crippen LogP contribution in [-0.2, 0) is 17.6 Å². The molecule has 36 heavy (non-hydrogen) atoms. The third-order valence-electron chi connectivity index (χ3n) is 6.37. The standard InChI is InChI=1S/C30H32FNO4/c1-34-26-16-10-22-5-3-4-6-25(32-30(33)18-12-21-7-13-24(31)14-8-21)15-9-23-11-17-27(35-2)29(20-23)36-28(26)19-22/h7-8,10-14,16-20,25H,3-6,9,15H2,1-2H3,(H,32,33)/b18-12+. The Balaban J connectivity index is 1.51. The number of rotatable bonds is 5. The van der Waals surface area contributed by atoms with Crippen LogP contribution < -0.4 is 19.5 Å². The molecule has 1 aliphatic rings. The fraction of sp³-hybridized carbons (Fsp3) is 0.300. The van der Waals surface area contributed by atoms with Gasteiger partial charge in [0.05, 0.1) is 14.2 Å². The van der Waals surface area contributed by atoms with E-state index >= 15 is 0 Å². The molecular weight excluding hydrogens is 457 g/mol. The summed E-state index contributed by atoms with van der Waals surface area (Å²) in [5.41, 5.74) is 3.04. The van der Waals surface area contributed by atoms with E-state index in [2.05, 4.69) is 11.4 Å². The quantitative estimate of drug-likeness (QED) is 0.416. The predicted octanol–water partition coefficient (Wildman–Crippen LogP) is 6.49. The Hall–Kier alpha value is -3.80. The minimum atomic E-state index is -0.297. The predicted molar refractivity (Wildman–Crippen MR) is 139 cm³/mol. The van der Waals surface area contributed by atoms with Crippen molar-refractivity contribution in [2.75, 3.05) is 14.2 Å². The second-order valence-electron chi connectivity index (χ2n) is 8.95. The molecule has 0 saturated carbocycles. The zero-order chi connectivity index (χ0) is 25.3. The van der Waals surface area contributed by atoms with Crippen LogP contribution in [0.2, 0.25) is 0 Å². The number of halogens is 1. The fourth-order valence-electron chi connectivity index (χ4n) is 4.38. The molecule has 5 nitrogen and oxygen atoms in total. The monoisotopic (exact) mass is 489 g/mol. The molecule has 0 saturated heterocycles. The summed E-state index contributed by atoms with van der Waals surface area (Å²) in [4.78, 5) is 12.6. The molecule has 1 aliphatic heterocycles. The summed E-state index contributed by atoms with van der Waals surface area (Å²) in [5.74, 6) is 2.17. The average Bonchev–Trinajstić information content (AvgIpc) is 2.89. The molecule has 1 amide bonds. The number of aryl methyl sites for hydroxylation is 2. The number of methoxy groups -OCH3 is 2. The minimum Gasteiger partial charge on any atom is -0.493 e. The molecule has 4 rings (SSSR count). The average molecular weight is 490 g/mol. The number of carbonyl (C=O) groups is 1. The zero-order valence-corrected chi connectivity index (χ0v) is 20.8. The van der Waals surface area contributed by atoms with Gasteiger partial charge in [0.25, 0.3) is 0 Å². The number of carbonyl (C=O) groups excluding carboxylic acids is 1. The van der Waals surface area contributed by atoms with Crippen LogP contribution in [0.4, 0.5) is 4.39 Å². The largest absolute Gasteiger partial charge is 0.493 e. The Morgan fingerprint density at radius 1 is 0.889 bits per heavy atom. The summed E-state index contributed by atoms with van der Waals surface area (Å²) >= 11 is 0. The third kappa shape index (κ3) is 6.87. The summed E-state index contributed by atoms with van der Waals surface area (Å²) < 4.78 is 30.4. The molecular formula is C30H32FNO4. The second kappa shape index (κ2) is 12.2. The molecule has 3 aromatic carbocycles. The van der Waals surface area contributed by atoms with Gasteiger partial charge in [-0.2, -0.15) is 0 Å². The Labute approximate surface area is 211 Å². The van der Waals surface area contributed by atoms with Crippen LogP contribution in [0, 0.1) is 5.82 Å². The van der Waals surface area contributed by atoms with Gasteiger partial charge in [-0.1, -0.05) is 30.7 Å². The highest BCUT2D eigenvalue weighted by molar-refractivity contribution is 5.91. The molecule has 188 valence electrons. The fourth-order valence-corrected chi connectivity index (χ4v) is 4.38. The second-order valence-corrected chi connectivity index (χ2v) is 8.95. The maximum absolute atomic E-state index is 13.1. The first kappa shape index (κ1) is 25.3. The van der Waals surface area contributed by atoms with Crippen molar-refractivity contribution in [3.05, 3.63) is 89.2 Å². The van der Waals surface area contributed by atoms with Crippen LogP contribution in [0.3, 0.4) is 0 Å². The third-order valence-corrected chi connectivity index (χ3v) is 6.37. The van der Waals surface area contributed by atoms with Crippen LogP contribution in [0.1, 0.15) is 42.4 Å². The first-order valence-corrected chi connectivity index (χ1v) is 12.3. The SMILES string of the molecule is COc1ccc2cc1Oc1cc(ccc1OC)CCC(NC(=O)/C=C/c1ccc(F)cc1)CCCC2. The lowest BCUT2D eigenvalue weighted by atomic mass is 9.98. The molecule has 1 atom stereocenters. The van der Waals surface area contributed by atoms with E-state index < -0.39 is 0 Å². The van der Waals surface area contributed by atoms with Crippen LogP contribution >= 0.6 is 0 Å². The number of amides is 1. The van der Waals surface area contributed by atoms with Crippen molar-refractivity contribution in [2.45, 2.75) is 44.6 Å². The minimum absolute atomic E-state index is 0.0382. The van der Waals surface area contributed by atoms with E-state index in [9.17, 15) is 9.18 Å². The number of benzene rings is 3. The van der Waals surface area contributed by atoms with Crippen molar-refractivity contribution >= 4 is 12.0 Å². The first-order chi connectivity index (χ1) is 17.5. The molecule has 4 bridgehead atoms. The Bertz CT molecular complexity index is 1210. The molecule has 6 heteroatoms. The van der Waals surface area contributed by atoms with E-state index in [0.29, 0.717) is 23.0 Å². The lowest BCUT2D eigenvalue weighted by Gasteiger charge is -2.20. The maximum atomic E-state index is 13.1. The first-order valence-electron chi connectivity index (χ1n) is 12.3. The number of nitrogens with one attached hydrogen (secondary N) is 1. The van der Waals surface area contributed by atoms with Crippen molar-refractivity contribution in [2.24, 2.45) is 0 Å². The van der Waals surface area contributed by atoms with E-state index in [0.717, 1.165) is 49.7 Å². The number of hydrogen-bond acceptors (Lipinski definition) is 4. The van der Waals surface area contributed by atoms with Gasteiger partial charge in [-0.05, 0) is 91.3 Å². The normalized spacial score (nSPS) is 16.0. The highest BCUT2D eigenvalue weighted by Crippen LogP contribution is 2.38. The Morgan fingerprint density at radius 3 is 2.17 bits per heavy atom. The summed E-state index contributed by atoms with van der Waals surface area (Å²) in [6.07, 6.45) is 8.58. The Morgan fingerprint density at radius 2 is 1.53 bits per heavy atom. The molecule has 1 N–H and O–H groups in total. The van der Waals surface area contributed by atoms with Crippen molar-refractivity contribution < 1.29 is 23.4 Å². The number of fused-ring (bicyclic) bond motifs is 4. The molecule has 3 aromatic rings. The zero-order valence-electron chi connectivity index (χ0n) is 20.8. The number of ether oxygens (including phenoxy) is 3. The van der Waals surface area contributed by atoms with Crippen molar-refractivity contribution in [1.82, 2.24) is 5.32 Å². The molecule has 0 radical (unpaired) electrons. The van der Waals surface area contributed by atoms with Crippen LogP contribution in [-0.4, -0.2) is 26.2 Å². The summed E-state index contributed by atoms with van der Waals surface area (Å²) in [5, 5.41) is 3.16. The Kier molecular flexibility index (Phi) is 8.61. The van der Waals surface area contributed by atoms with E-state index in [-0.39, 0.29) is 17.8 Å². The molecule has 0 fully saturated rings. The van der Waals surface area contributed by atoms with E-state index in [1.165, 1.54) is 23.8 Å².